The van der Waals surface area contributed by atoms with Crippen LogP contribution in [0.5, 0.6) is 0 Å². The van der Waals surface area contributed by atoms with E-state index in [2.05, 4.69) is 87.0 Å². The first-order valence-corrected chi connectivity index (χ1v) is 18.5. The fraction of sp³-hybridized carbons (Fsp3) is 0.577. The molecule has 0 spiro atoms. The summed E-state index contributed by atoms with van der Waals surface area (Å²) in [6, 6.07) is 9.60. The van der Waals surface area contributed by atoms with Crippen molar-refractivity contribution in [2.45, 2.75) is 82.5 Å². The predicted octanol–water partition coefficient (Wildman–Crippen LogP) is 6.06. The number of benzene rings is 1. The van der Waals surface area contributed by atoms with Crippen molar-refractivity contribution in [1.29, 1.82) is 0 Å². The SMILES string of the molecule is Cc1ccc(C(C)(C)C)cc1-c1cc(CC2CCCC2)[c]([Ge]([CH3])([CH3])[CH3])c[n+]1C. The van der Waals surface area contributed by atoms with E-state index < -0.39 is 13.3 Å². The molecule has 1 fully saturated rings. The van der Waals surface area contributed by atoms with Crippen LogP contribution in [-0.2, 0) is 18.9 Å². The van der Waals surface area contributed by atoms with Crippen LogP contribution in [0.1, 0.15) is 63.1 Å². The second-order valence-corrected chi connectivity index (χ2v) is 21.7. The first-order valence-electron chi connectivity index (χ1n) is 11.1. The summed E-state index contributed by atoms with van der Waals surface area (Å²) in [6.45, 7) is 9.18. The Bertz CT molecular complexity index is 846. The Hall–Kier alpha value is -1.09. The van der Waals surface area contributed by atoms with Crippen molar-refractivity contribution in [3.05, 3.63) is 47.2 Å². The Morgan fingerprint density at radius 3 is 2.25 bits per heavy atom. The Kier molecular flexibility index (Phi) is 6.16. The first kappa shape index (κ1) is 21.6. The van der Waals surface area contributed by atoms with Gasteiger partial charge in [0.1, 0.15) is 0 Å². The van der Waals surface area contributed by atoms with Gasteiger partial charge in [-0.15, -0.1) is 0 Å². The molecule has 3 rings (SSSR count). The first-order chi connectivity index (χ1) is 13.0. The molecule has 0 atom stereocenters. The quantitative estimate of drug-likeness (QED) is 0.403. The zero-order valence-corrected chi connectivity index (χ0v) is 21.5. The third kappa shape index (κ3) is 4.72. The summed E-state index contributed by atoms with van der Waals surface area (Å²) >= 11 is -1.92. The topological polar surface area (TPSA) is 3.88 Å². The Labute approximate surface area is 175 Å². The molecule has 0 unspecified atom stereocenters. The van der Waals surface area contributed by atoms with Crippen molar-refractivity contribution in [2.75, 3.05) is 0 Å². The van der Waals surface area contributed by atoms with Gasteiger partial charge in [-0.25, -0.2) is 0 Å². The second-order valence-electron chi connectivity index (χ2n) is 11.1. The molecule has 0 aliphatic heterocycles. The van der Waals surface area contributed by atoms with Crippen LogP contribution >= 0.6 is 0 Å². The van der Waals surface area contributed by atoms with Crippen LogP contribution in [0.25, 0.3) is 11.3 Å². The van der Waals surface area contributed by atoms with Gasteiger partial charge in [-0.1, -0.05) is 0 Å². The van der Waals surface area contributed by atoms with Crippen molar-refractivity contribution < 1.29 is 4.57 Å². The van der Waals surface area contributed by atoms with Gasteiger partial charge in [0.05, 0.1) is 0 Å². The Morgan fingerprint density at radius 2 is 1.68 bits per heavy atom. The van der Waals surface area contributed by atoms with Crippen LogP contribution < -0.4 is 8.96 Å². The van der Waals surface area contributed by atoms with Gasteiger partial charge in [0.25, 0.3) is 0 Å². The molecule has 2 heteroatoms. The Balaban J connectivity index is 2.14. The van der Waals surface area contributed by atoms with E-state index >= 15 is 0 Å². The maximum absolute atomic E-state index is 2.55. The molecule has 0 saturated heterocycles. The summed E-state index contributed by atoms with van der Waals surface area (Å²) in [5.41, 5.74) is 7.40. The maximum atomic E-state index is 2.55. The van der Waals surface area contributed by atoms with E-state index in [0.717, 1.165) is 5.92 Å². The van der Waals surface area contributed by atoms with Crippen LogP contribution in [0.15, 0.2) is 30.5 Å². The fourth-order valence-electron chi connectivity index (χ4n) is 4.69. The number of aromatic nitrogens is 1. The van der Waals surface area contributed by atoms with Gasteiger partial charge in [0, 0.05) is 0 Å². The summed E-state index contributed by atoms with van der Waals surface area (Å²) < 4.78 is 4.10. The summed E-state index contributed by atoms with van der Waals surface area (Å²) in [6.07, 6.45) is 9.47. The molecule has 28 heavy (non-hydrogen) atoms. The molecule has 152 valence electrons. The van der Waals surface area contributed by atoms with Crippen LogP contribution in [0.2, 0.25) is 17.3 Å². The molecular formula is C26H40GeN+. The molecule has 0 radical (unpaired) electrons. The molecule has 0 N–H and O–H groups in total. The van der Waals surface area contributed by atoms with E-state index in [4.69, 9.17) is 0 Å². The van der Waals surface area contributed by atoms with Crippen LogP contribution in [0.3, 0.4) is 0 Å². The number of hydrogen-bond donors (Lipinski definition) is 0. The molecule has 1 aromatic heterocycles. The van der Waals surface area contributed by atoms with Gasteiger partial charge in [-0.2, -0.15) is 0 Å². The number of nitrogens with zero attached hydrogens (tertiary/aromatic N) is 1. The van der Waals surface area contributed by atoms with Gasteiger partial charge < -0.3 is 0 Å². The van der Waals surface area contributed by atoms with E-state index in [9.17, 15) is 0 Å². The van der Waals surface area contributed by atoms with Crippen molar-refractivity contribution in [3.8, 4) is 11.3 Å². The normalized spacial score (nSPS) is 16.0. The molecule has 1 aliphatic rings. The van der Waals surface area contributed by atoms with Crippen LogP contribution in [-0.4, -0.2) is 13.3 Å². The van der Waals surface area contributed by atoms with E-state index in [1.54, 1.807) is 9.96 Å². The van der Waals surface area contributed by atoms with Crippen LogP contribution in [0, 0.1) is 12.8 Å². The fourth-order valence-corrected chi connectivity index (χ4v) is 8.30. The van der Waals surface area contributed by atoms with Crippen molar-refractivity contribution >= 4 is 17.7 Å². The average Bonchev–Trinajstić information content (AvgIpc) is 3.08. The second kappa shape index (κ2) is 7.97. The predicted molar refractivity (Wildman–Crippen MR) is 125 cm³/mol. The van der Waals surface area contributed by atoms with Gasteiger partial charge in [0.15, 0.2) is 0 Å². The van der Waals surface area contributed by atoms with Crippen LogP contribution in [0.4, 0.5) is 0 Å². The van der Waals surface area contributed by atoms with Gasteiger partial charge in [-0.05, 0) is 0 Å². The number of rotatable bonds is 4. The molecular weight excluding hydrogens is 399 g/mol. The van der Waals surface area contributed by atoms with Crippen molar-refractivity contribution in [2.24, 2.45) is 13.0 Å². The van der Waals surface area contributed by atoms with E-state index in [1.165, 1.54) is 54.5 Å². The molecule has 0 bridgehead atoms. The van der Waals surface area contributed by atoms with E-state index in [-0.39, 0.29) is 5.41 Å². The van der Waals surface area contributed by atoms with Crippen molar-refractivity contribution in [3.63, 3.8) is 0 Å². The molecule has 1 aliphatic carbocycles. The molecule has 0 amide bonds. The third-order valence-corrected chi connectivity index (χ3v) is 10.9. The number of hydrogen-bond acceptors (Lipinski definition) is 0. The molecule has 1 nitrogen and oxygen atoms in total. The zero-order chi connectivity index (χ0) is 20.7. The summed E-state index contributed by atoms with van der Waals surface area (Å²) in [7, 11) is 2.25. The standard InChI is InChI=1S/C26H40GeN/c1-19-13-14-22(26(2,3)4)17-23(19)25-16-21(15-20-11-9-10-12-20)24(18-28(25)8)27(5,6)7/h13-14,16-18,20H,9-12,15H2,1-8H3/q+1. The van der Waals surface area contributed by atoms with Crippen molar-refractivity contribution in [1.82, 2.24) is 0 Å². The van der Waals surface area contributed by atoms with E-state index in [1.807, 2.05) is 0 Å². The molecule has 1 saturated carbocycles. The molecule has 2 aromatic rings. The van der Waals surface area contributed by atoms with Gasteiger partial charge in [0.2, 0.25) is 0 Å². The zero-order valence-electron chi connectivity index (χ0n) is 19.4. The molecule has 1 heterocycles. The minimum absolute atomic E-state index is 0.175. The van der Waals surface area contributed by atoms with Gasteiger partial charge in [-0.3, -0.25) is 0 Å². The minimum atomic E-state index is -1.92. The summed E-state index contributed by atoms with van der Waals surface area (Å²) in [5, 5.41) is 0. The molecule has 1 aromatic carbocycles. The number of pyridine rings is 1. The number of aryl methyl sites for hydroxylation is 2. The summed E-state index contributed by atoms with van der Waals surface area (Å²) in [4.78, 5) is 0. The van der Waals surface area contributed by atoms with E-state index in [0.29, 0.717) is 0 Å². The third-order valence-electron chi connectivity index (χ3n) is 6.53. The summed E-state index contributed by atoms with van der Waals surface area (Å²) in [5.74, 6) is 8.52. The average molecular weight is 439 g/mol. The monoisotopic (exact) mass is 440 g/mol. The van der Waals surface area contributed by atoms with Gasteiger partial charge >= 0.3 is 176 Å². The Morgan fingerprint density at radius 1 is 1.04 bits per heavy atom.